The fourth-order valence-corrected chi connectivity index (χ4v) is 8.09. The van der Waals surface area contributed by atoms with E-state index in [1.165, 1.54) is 37.5 Å². The van der Waals surface area contributed by atoms with E-state index < -0.39 is 15.9 Å². The molecule has 0 unspecified atom stereocenters. The number of sulfonamides is 1. The van der Waals surface area contributed by atoms with E-state index in [-0.39, 0.29) is 27.6 Å². The number of nitrogens with one attached hydrogen (secondary N) is 2. The Hall–Kier alpha value is -1.60. The Balaban J connectivity index is 1.33. The number of amides is 1. The van der Waals surface area contributed by atoms with Gasteiger partial charge in [-0.3, -0.25) is 4.79 Å². The van der Waals surface area contributed by atoms with Crippen molar-refractivity contribution in [2.75, 3.05) is 0 Å². The first-order chi connectivity index (χ1) is 15.2. The van der Waals surface area contributed by atoms with Crippen molar-refractivity contribution in [3.63, 3.8) is 0 Å². The number of rotatable bonds is 6. The largest absolute Gasteiger partial charge is 0.348 e. The highest BCUT2D eigenvalue weighted by Crippen LogP contribution is 2.56. The van der Waals surface area contributed by atoms with Crippen LogP contribution in [-0.2, 0) is 16.6 Å². The molecule has 6 rings (SSSR count). The zero-order valence-corrected chi connectivity index (χ0v) is 19.9. The minimum atomic E-state index is -3.77. The van der Waals surface area contributed by atoms with Crippen molar-refractivity contribution in [3.05, 3.63) is 63.6 Å². The fraction of sp³-hybridized carbons (Fsp3) is 0.458. The van der Waals surface area contributed by atoms with Gasteiger partial charge in [0.2, 0.25) is 10.0 Å². The highest BCUT2D eigenvalue weighted by Gasteiger charge is 2.52. The molecule has 5 nitrogen and oxygen atoms in total. The van der Waals surface area contributed by atoms with Crippen LogP contribution in [0.1, 0.15) is 54.4 Å². The topological polar surface area (TPSA) is 75.3 Å². The van der Waals surface area contributed by atoms with E-state index in [2.05, 4.69) is 10.0 Å². The van der Waals surface area contributed by atoms with Crippen LogP contribution in [0.25, 0.3) is 0 Å². The Kier molecular flexibility index (Phi) is 5.77. The van der Waals surface area contributed by atoms with Gasteiger partial charge in [-0.25, -0.2) is 13.1 Å². The van der Waals surface area contributed by atoms with E-state index in [9.17, 15) is 13.2 Å². The smallest absolute Gasteiger partial charge is 0.253 e. The molecule has 2 aromatic carbocycles. The third-order valence-electron chi connectivity index (χ3n) is 7.25. The van der Waals surface area contributed by atoms with Crippen molar-refractivity contribution in [1.82, 2.24) is 10.0 Å². The van der Waals surface area contributed by atoms with Crippen LogP contribution in [0.3, 0.4) is 0 Å². The van der Waals surface area contributed by atoms with Crippen LogP contribution in [0.2, 0.25) is 10.0 Å². The van der Waals surface area contributed by atoms with Gasteiger partial charge in [-0.15, -0.1) is 0 Å². The summed E-state index contributed by atoms with van der Waals surface area (Å²) < 4.78 is 29.7. The predicted molar refractivity (Wildman–Crippen MR) is 125 cm³/mol. The summed E-state index contributed by atoms with van der Waals surface area (Å²) in [7, 11) is -3.77. The van der Waals surface area contributed by atoms with E-state index in [4.69, 9.17) is 23.2 Å². The highest BCUT2D eigenvalue weighted by atomic mass is 35.5. The van der Waals surface area contributed by atoms with Crippen LogP contribution in [0.4, 0.5) is 0 Å². The Morgan fingerprint density at radius 2 is 1.53 bits per heavy atom. The lowest BCUT2D eigenvalue weighted by Gasteiger charge is -2.56. The summed E-state index contributed by atoms with van der Waals surface area (Å²) in [5.74, 6) is 1.46. The van der Waals surface area contributed by atoms with Crippen molar-refractivity contribution >= 4 is 39.1 Å². The van der Waals surface area contributed by atoms with Gasteiger partial charge < -0.3 is 5.32 Å². The van der Waals surface area contributed by atoms with Crippen molar-refractivity contribution in [2.45, 2.75) is 55.5 Å². The molecule has 0 radical (unpaired) electrons. The van der Waals surface area contributed by atoms with Gasteiger partial charge in [-0.1, -0.05) is 35.3 Å². The predicted octanol–water partition coefficient (Wildman–Crippen LogP) is 5.17. The third-order valence-corrected chi connectivity index (χ3v) is 9.41. The second kappa shape index (κ2) is 8.32. The maximum absolute atomic E-state index is 13.3. The molecule has 32 heavy (non-hydrogen) atoms. The van der Waals surface area contributed by atoms with Gasteiger partial charge in [0.25, 0.3) is 5.91 Å². The summed E-state index contributed by atoms with van der Waals surface area (Å²) in [6.07, 6.45) is 6.46. The molecule has 0 aromatic heterocycles. The van der Waals surface area contributed by atoms with Gasteiger partial charge in [0.1, 0.15) is 0 Å². The van der Waals surface area contributed by atoms with Crippen molar-refractivity contribution in [3.8, 4) is 0 Å². The zero-order valence-electron chi connectivity index (χ0n) is 17.6. The molecule has 0 heterocycles. The average Bonchev–Trinajstić information content (AvgIpc) is 2.71. The molecule has 4 fully saturated rings. The second-order valence-corrected chi connectivity index (χ2v) is 12.3. The molecule has 0 spiro atoms. The summed E-state index contributed by atoms with van der Waals surface area (Å²) in [6, 6.07) is 11.5. The minimum Gasteiger partial charge on any atom is -0.348 e. The molecule has 2 aromatic rings. The molecule has 4 saturated carbocycles. The van der Waals surface area contributed by atoms with Gasteiger partial charge in [0.05, 0.1) is 15.5 Å². The zero-order chi connectivity index (χ0) is 22.5. The van der Waals surface area contributed by atoms with Crippen LogP contribution in [0, 0.1) is 17.8 Å². The van der Waals surface area contributed by atoms with Crippen LogP contribution in [0.5, 0.6) is 0 Å². The van der Waals surface area contributed by atoms with E-state index in [1.54, 1.807) is 12.1 Å². The summed E-state index contributed by atoms with van der Waals surface area (Å²) in [5, 5.41) is 3.63. The normalized spacial score (nSPS) is 28.6. The molecular weight excluding hydrogens is 467 g/mol. The quantitative estimate of drug-likeness (QED) is 0.583. The number of benzene rings is 2. The van der Waals surface area contributed by atoms with Crippen LogP contribution in [-0.4, -0.2) is 19.9 Å². The Morgan fingerprint density at radius 1 is 0.938 bits per heavy atom. The number of hydrogen-bond donors (Lipinski definition) is 2. The SMILES string of the molecule is O=C(NCc1ccc(Cl)cc1)c1cc(S(=O)(=O)NC23CC4CC(CC(C4)C2)C3)ccc1Cl. The lowest BCUT2D eigenvalue weighted by Crippen LogP contribution is -2.59. The molecule has 4 bridgehead atoms. The van der Waals surface area contributed by atoms with Gasteiger partial charge >= 0.3 is 0 Å². The maximum atomic E-state index is 13.3. The number of hydrogen-bond acceptors (Lipinski definition) is 3. The highest BCUT2D eigenvalue weighted by molar-refractivity contribution is 7.89. The van der Waals surface area contributed by atoms with Crippen molar-refractivity contribution in [1.29, 1.82) is 0 Å². The van der Waals surface area contributed by atoms with Crippen molar-refractivity contribution in [2.24, 2.45) is 17.8 Å². The standard InChI is InChI=1S/C24H26Cl2N2O3S/c25-19-3-1-15(2-4-19)14-27-23(29)21-10-20(5-6-22(21)26)32(30,31)28-24-11-16-7-17(12-24)9-18(8-16)13-24/h1-6,10,16-18,28H,7-9,11-14H2,(H,27,29). The van der Waals surface area contributed by atoms with Crippen LogP contribution < -0.4 is 10.0 Å². The number of carbonyl (C=O) groups excluding carboxylic acids is 1. The van der Waals surface area contributed by atoms with Gasteiger partial charge in [0.15, 0.2) is 0 Å². The molecule has 0 atom stereocenters. The molecule has 8 heteroatoms. The van der Waals surface area contributed by atoms with E-state index in [0.717, 1.165) is 24.8 Å². The lowest BCUT2D eigenvalue weighted by molar-refractivity contribution is -0.00810. The van der Waals surface area contributed by atoms with E-state index >= 15 is 0 Å². The lowest BCUT2D eigenvalue weighted by atomic mass is 9.53. The fourth-order valence-electron chi connectivity index (χ4n) is 6.30. The first-order valence-electron chi connectivity index (χ1n) is 11.1. The molecular formula is C24H26Cl2N2O3S. The van der Waals surface area contributed by atoms with Gasteiger partial charge in [0, 0.05) is 17.1 Å². The Bertz CT molecular complexity index is 1110. The molecule has 1 amide bonds. The van der Waals surface area contributed by atoms with Crippen LogP contribution in [0.15, 0.2) is 47.4 Å². The molecule has 2 N–H and O–H groups in total. The maximum Gasteiger partial charge on any atom is 0.253 e. The van der Waals surface area contributed by atoms with Crippen molar-refractivity contribution < 1.29 is 13.2 Å². The monoisotopic (exact) mass is 492 g/mol. The second-order valence-electron chi connectivity index (χ2n) is 9.75. The summed E-state index contributed by atoms with van der Waals surface area (Å²) in [6.45, 7) is 0.287. The first kappa shape index (κ1) is 22.2. The molecule has 4 aliphatic carbocycles. The minimum absolute atomic E-state index is 0.0780. The first-order valence-corrected chi connectivity index (χ1v) is 13.3. The average molecular weight is 493 g/mol. The third kappa shape index (κ3) is 4.43. The van der Waals surface area contributed by atoms with Crippen LogP contribution >= 0.6 is 23.2 Å². The summed E-state index contributed by atoms with van der Waals surface area (Å²) in [4.78, 5) is 12.8. The number of carbonyl (C=O) groups is 1. The summed E-state index contributed by atoms with van der Waals surface area (Å²) in [5.41, 5.74) is 0.685. The molecule has 0 aliphatic heterocycles. The number of halogens is 2. The van der Waals surface area contributed by atoms with Gasteiger partial charge in [-0.05, 0) is 92.2 Å². The Morgan fingerprint density at radius 3 is 2.12 bits per heavy atom. The summed E-state index contributed by atoms with van der Waals surface area (Å²) >= 11 is 12.1. The van der Waals surface area contributed by atoms with E-state index in [0.29, 0.717) is 22.8 Å². The molecule has 4 aliphatic rings. The van der Waals surface area contributed by atoms with E-state index in [1.807, 2.05) is 12.1 Å². The van der Waals surface area contributed by atoms with Gasteiger partial charge in [-0.2, -0.15) is 0 Å². The Labute approximate surface area is 198 Å². The molecule has 0 saturated heterocycles. The molecule has 170 valence electrons.